The van der Waals surface area contributed by atoms with Crippen LogP contribution in [0.5, 0.6) is 5.75 Å². The molecule has 0 N–H and O–H groups in total. The Kier molecular flexibility index (Phi) is 9.31. The summed E-state index contributed by atoms with van der Waals surface area (Å²) in [5.74, 6) is -0.507. The first kappa shape index (κ1) is 37.6. The Morgan fingerprint density at radius 2 is 0.883 bits per heavy atom. The second-order valence-electron chi connectivity index (χ2n) is 14.1. The van der Waals surface area contributed by atoms with Crippen molar-refractivity contribution in [3.8, 4) is 16.9 Å². The Morgan fingerprint density at radius 1 is 0.433 bits per heavy atom. The largest absolute Gasteiger partial charge is 0.534 e. The fourth-order valence-corrected chi connectivity index (χ4v) is 10.4. The van der Waals surface area contributed by atoms with E-state index in [1.807, 2.05) is 157 Å². The predicted molar refractivity (Wildman–Crippen MR) is 243 cm³/mol. The van der Waals surface area contributed by atoms with Crippen LogP contribution in [0.3, 0.4) is 0 Å². The molecule has 60 heavy (non-hydrogen) atoms. The maximum Gasteiger partial charge on any atom is 0.534 e. The molecule has 5 nitrogen and oxygen atoms in total. The van der Waals surface area contributed by atoms with Crippen LogP contribution in [0.2, 0.25) is 0 Å². The average Bonchev–Trinajstić information content (AvgIpc) is 3.83. The molecule has 0 aliphatic carbocycles. The highest BCUT2D eigenvalue weighted by molar-refractivity contribution is 7.88. The Balaban J connectivity index is 1.33. The van der Waals surface area contributed by atoms with E-state index in [0.29, 0.717) is 39.6 Å². The van der Waals surface area contributed by atoms with Crippen LogP contribution >= 0.6 is 22.7 Å². The lowest BCUT2D eigenvalue weighted by Crippen LogP contribution is -2.29. The molecule has 0 aliphatic rings. The van der Waals surface area contributed by atoms with Gasteiger partial charge in [-0.05, 0) is 83.9 Å². The second kappa shape index (κ2) is 14.9. The molecule has 0 amide bonds. The van der Waals surface area contributed by atoms with Gasteiger partial charge in [-0.3, -0.25) is 0 Å². The van der Waals surface area contributed by atoms with Gasteiger partial charge in [-0.1, -0.05) is 115 Å². The highest BCUT2D eigenvalue weighted by atomic mass is 32.2. The van der Waals surface area contributed by atoms with Gasteiger partial charge >= 0.3 is 15.6 Å². The maximum atomic E-state index is 14.5. The lowest BCUT2D eigenvalue weighted by Gasteiger charge is -2.34. The summed E-state index contributed by atoms with van der Waals surface area (Å²) in [5, 5.41) is 4.27. The molecule has 11 heteroatoms. The first-order valence-electron chi connectivity index (χ1n) is 18.9. The van der Waals surface area contributed by atoms with E-state index in [9.17, 15) is 21.6 Å². The van der Waals surface area contributed by atoms with Gasteiger partial charge in [0, 0.05) is 63.1 Å². The number of anilines is 6. The number of hydrogen-bond acceptors (Lipinski definition) is 7. The normalized spacial score (nSPS) is 12.1. The molecular formula is C49H31F3N2O3S3. The quantitative estimate of drug-likeness (QED) is 0.107. The zero-order valence-corrected chi connectivity index (χ0v) is 33.8. The van der Waals surface area contributed by atoms with Gasteiger partial charge in [0.1, 0.15) is 5.69 Å². The Hall–Kier alpha value is -6.66. The molecule has 0 saturated carbocycles. The summed E-state index contributed by atoms with van der Waals surface area (Å²) in [6.45, 7) is 0. The fraction of sp³-hybridized carbons (Fsp3) is 0.0204. The molecule has 2 aromatic heterocycles. The maximum absolute atomic E-state index is 14.5. The molecule has 0 bridgehead atoms. The number of rotatable bonds is 9. The minimum absolute atomic E-state index is 0.0782. The molecule has 0 radical (unpaired) electrons. The summed E-state index contributed by atoms with van der Waals surface area (Å²) in [6, 6.07) is 59.3. The van der Waals surface area contributed by atoms with Gasteiger partial charge in [-0.25, -0.2) is 0 Å². The van der Waals surface area contributed by atoms with Crippen LogP contribution < -0.4 is 14.0 Å². The van der Waals surface area contributed by atoms with E-state index in [4.69, 9.17) is 4.18 Å². The van der Waals surface area contributed by atoms with E-state index in [1.54, 1.807) is 27.6 Å². The average molecular weight is 849 g/mol. The number of para-hydroxylation sites is 2. The third-order valence-electron chi connectivity index (χ3n) is 10.4. The summed E-state index contributed by atoms with van der Waals surface area (Å²) in [4.78, 5) is 3.73. The minimum Gasteiger partial charge on any atom is -0.374 e. The van der Waals surface area contributed by atoms with Crippen molar-refractivity contribution in [2.75, 3.05) is 9.80 Å². The van der Waals surface area contributed by atoms with E-state index in [-0.39, 0.29) is 5.69 Å². The van der Waals surface area contributed by atoms with Gasteiger partial charge in [0.15, 0.2) is 5.75 Å². The van der Waals surface area contributed by atoms with E-state index in [1.165, 1.54) is 6.07 Å². The molecule has 294 valence electrons. The molecule has 0 aliphatic heterocycles. The SMILES string of the molecule is O=S(=O)(Oc1cc(-c2ccccc2)cc(N(c2ccccc2)c2ccc3c(c2)sc2ccccc23)c1N(c1ccccc1)c1ccc2c(c1)sc1ccccc12)C(F)(F)F. The topological polar surface area (TPSA) is 49.9 Å². The number of alkyl halides is 3. The van der Waals surface area contributed by atoms with Crippen LogP contribution in [0.25, 0.3) is 51.5 Å². The number of halogens is 3. The summed E-state index contributed by atoms with van der Waals surface area (Å²) in [6.07, 6.45) is 0. The van der Waals surface area contributed by atoms with E-state index in [2.05, 4.69) is 30.3 Å². The summed E-state index contributed by atoms with van der Waals surface area (Å²) in [7, 11) is -6.18. The third kappa shape index (κ3) is 6.70. The number of fused-ring (bicyclic) bond motifs is 6. The van der Waals surface area contributed by atoms with Crippen molar-refractivity contribution in [2.45, 2.75) is 5.51 Å². The first-order chi connectivity index (χ1) is 29.1. The summed E-state index contributed by atoms with van der Waals surface area (Å²) in [5.41, 5.74) is -1.66. The van der Waals surface area contributed by atoms with Crippen LogP contribution in [0.1, 0.15) is 0 Å². The van der Waals surface area contributed by atoms with Crippen LogP contribution in [0.4, 0.5) is 47.3 Å². The smallest absolute Gasteiger partial charge is 0.374 e. The lowest BCUT2D eigenvalue weighted by molar-refractivity contribution is -0.0499. The van der Waals surface area contributed by atoms with E-state index >= 15 is 0 Å². The van der Waals surface area contributed by atoms with Crippen molar-refractivity contribution < 1.29 is 25.8 Å². The van der Waals surface area contributed by atoms with Crippen LogP contribution in [-0.4, -0.2) is 13.9 Å². The van der Waals surface area contributed by atoms with Crippen molar-refractivity contribution >= 4 is 107 Å². The Labute approximate surface area is 351 Å². The van der Waals surface area contributed by atoms with Crippen molar-refractivity contribution in [1.29, 1.82) is 0 Å². The fourth-order valence-electron chi connectivity index (χ4n) is 7.71. The summed E-state index contributed by atoms with van der Waals surface area (Å²) >= 11 is 3.24. The monoisotopic (exact) mass is 848 g/mol. The van der Waals surface area contributed by atoms with Gasteiger partial charge in [-0.15, -0.1) is 22.7 Å². The molecule has 0 atom stereocenters. The second-order valence-corrected chi connectivity index (χ2v) is 17.8. The minimum atomic E-state index is -6.18. The number of hydrogen-bond donors (Lipinski definition) is 0. The van der Waals surface area contributed by atoms with Crippen molar-refractivity contribution in [3.63, 3.8) is 0 Å². The van der Waals surface area contributed by atoms with Crippen molar-refractivity contribution in [3.05, 3.63) is 188 Å². The van der Waals surface area contributed by atoms with Gasteiger partial charge < -0.3 is 14.0 Å². The molecule has 0 fully saturated rings. The number of benzene rings is 8. The van der Waals surface area contributed by atoms with E-state index in [0.717, 1.165) is 40.3 Å². The standard InChI is InChI=1S/C49H31F3N2O3S3/c50-49(51,52)60(55,56)57-43-29-33(32-14-4-1-5-15-32)28-42(53(34-16-6-2-7-17-34)36-24-26-40-38-20-10-12-22-44(38)58-46(40)30-36)48(43)54(35-18-8-3-9-19-35)37-25-27-41-39-21-11-13-23-45(39)59-47(41)31-37/h1-31H. The van der Waals surface area contributed by atoms with Crippen molar-refractivity contribution in [2.24, 2.45) is 0 Å². The Bertz CT molecular complexity index is 3320. The molecule has 10 aromatic rings. The Morgan fingerprint density at radius 3 is 1.42 bits per heavy atom. The van der Waals surface area contributed by atoms with Gasteiger partial charge in [0.2, 0.25) is 0 Å². The first-order valence-corrected chi connectivity index (χ1v) is 21.9. The van der Waals surface area contributed by atoms with Gasteiger partial charge in [0.25, 0.3) is 0 Å². The highest BCUT2D eigenvalue weighted by Crippen LogP contribution is 2.54. The predicted octanol–water partition coefficient (Wildman–Crippen LogP) is 15.3. The summed E-state index contributed by atoms with van der Waals surface area (Å²) < 4.78 is 79.5. The highest BCUT2D eigenvalue weighted by Gasteiger charge is 2.49. The zero-order chi connectivity index (χ0) is 41.0. The number of nitrogens with zero attached hydrogens (tertiary/aromatic N) is 2. The van der Waals surface area contributed by atoms with E-state index < -0.39 is 21.4 Å². The van der Waals surface area contributed by atoms with Gasteiger partial charge in [0.05, 0.1) is 5.69 Å². The van der Waals surface area contributed by atoms with Crippen LogP contribution in [-0.2, 0) is 10.1 Å². The number of thiophene rings is 2. The van der Waals surface area contributed by atoms with Crippen LogP contribution in [0, 0.1) is 0 Å². The van der Waals surface area contributed by atoms with Crippen molar-refractivity contribution in [1.82, 2.24) is 0 Å². The molecule has 2 heterocycles. The molecule has 10 rings (SSSR count). The lowest BCUT2D eigenvalue weighted by atomic mass is 10.0. The third-order valence-corrected chi connectivity index (χ3v) is 13.6. The van der Waals surface area contributed by atoms with Crippen LogP contribution in [0.15, 0.2) is 188 Å². The molecule has 0 spiro atoms. The molecular weight excluding hydrogens is 818 g/mol. The zero-order valence-electron chi connectivity index (χ0n) is 31.4. The molecule has 0 unspecified atom stereocenters. The molecule has 0 saturated heterocycles. The van der Waals surface area contributed by atoms with Gasteiger partial charge in [-0.2, -0.15) is 21.6 Å². The molecule has 8 aromatic carbocycles.